The Bertz CT molecular complexity index is 402. The van der Waals surface area contributed by atoms with E-state index in [1.54, 1.807) is 19.1 Å². The van der Waals surface area contributed by atoms with Gasteiger partial charge in [-0.2, -0.15) is 0 Å². The van der Waals surface area contributed by atoms with Gasteiger partial charge in [0, 0.05) is 23.0 Å². The number of nitrogens with two attached hydrogens (primary N) is 1. The second-order valence-electron chi connectivity index (χ2n) is 4.49. The van der Waals surface area contributed by atoms with E-state index in [-0.39, 0.29) is 17.9 Å². The number of rotatable bonds is 5. The molecule has 0 saturated carbocycles. The molecular formula is C13H20N2O2. The molecule has 0 aromatic heterocycles. The van der Waals surface area contributed by atoms with E-state index in [2.05, 4.69) is 5.32 Å². The molecule has 1 aromatic carbocycles. The van der Waals surface area contributed by atoms with Crippen LogP contribution in [-0.2, 0) is 0 Å². The zero-order valence-corrected chi connectivity index (χ0v) is 10.5. The molecule has 0 spiro atoms. The molecule has 17 heavy (non-hydrogen) atoms. The van der Waals surface area contributed by atoms with E-state index in [0.29, 0.717) is 17.7 Å². The molecule has 1 rings (SSSR count). The lowest BCUT2D eigenvalue weighted by Gasteiger charge is -2.17. The van der Waals surface area contributed by atoms with Crippen molar-refractivity contribution in [2.45, 2.75) is 39.3 Å². The highest BCUT2D eigenvalue weighted by Crippen LogP contribution is 2.19. The number of hydrogen-bond donors (Lipinski definition) is 3. The topological polar surface area (TPSA) is 75.3 Å². The molecule has 4 nitrogen and oxygen atoms in total. The van der Waals surface area contributed by atoms with Gasteiger partial charge in [0.2, 0.25) is 0 Å². The van der Waals surface area contributed by atoms with Gasteiger partial charge >= 0.3 is 0 Å². The van der Waals surface area contributed by atoms with Crippen molar-refractivity contribution >= 4 is 17.2 Å². The van der Waals surface area contributed by atoms with E-state index >= 15 is 0 Å². The van der Waals surface area contributed by atoms with Crippen LogP contribution in [-0.4, -0.2) is 23.0 Å². The molecule has 2 unspecified atom stereocenters. The van der Waals surface area contributed by atoms with Gasteiger partial charge in [0.05, 0.1) is 6.10 Å². The Balaban J connectivity index is 2.79. The lowest BCUT2D eigenvalue weighted by Crippen LogP contribution is -2.20. The van der Waals surface area contributed by atoms with Crippen molar-refractivity contribution < 1.29 is 9.90 Å². The molecule has 4 heteroatoms. The Kier molecular flexibility index (Phi) is 4.52. The maximum atomic E-state index is 11.3. The third kappa shape index (κ3) is 4.07. The minimum atomic E-state index is -0.349. The van der Waals surface area contributed by atoms with Crippen molar-refractivity contribution in [3.05, 3.63) is 23.8 Å². The summed E-state index contributed by atoms with van der Waals surface area (Å²) in [6.07, 6.45) is 0.304. The first-order valence-corrected chi connectivity index (χ1v) is 5.75. The van der Waals surface area contributed by atoms with Gasteiger partial charge in [0.1, 0.15) is 0 Å². The first-order chi connectivity index (χ1) is 7.90. The number of aliphatic hydroxyl groups is 1. The van der Waals surface area contributed by atoms with Crippen LogP contribution in [0.4, 0.5) is 11.4 Å². The Labute approximate surface area is 102 Å². The van der Waals surface area contributed by atoms with Crippen molar-refractivity contribution in [3.8, 4) is 0 Å². The number of carbonyl (C=O) groups excluding carboxylic acids is 1. The summed E-state index contributed by atoms with van der Waals surface area (Å²) in [5, 5.41) is 12.5. The monoisotopic (exact) mass is 236 g/mol. The van der Waals surface area contributed by atoms with Gasteiger partial charge in [-0.25, -0.2) is 0 Å². The Morgan fingerprint density at radius 3 is 2.65 bits per heavy atom. The number of benzene rings is 1. The van der Waals surface area contributed by atoms with Crippen molar-refractivity contribution in [2.75, 3.05) is 11.1 Å². The van der Waals surface area contributed by atoms with Crippen LogP contribution in [0.3, 0.4) is 0 Å². The minimum absolute atomic E-state index is 0.0469. The average Bonchev–Trinajstić information content (AvgIpc) is 2.19. The van der Waals surface area contributed by atoms with E-state index in [1.807, 2.05) is 13.0 Å². The number of nitrogens with one attached hydrogen (secondary N) is 1. The molecule has 0 fully saturated rings. The first kappa shape index (κ1) is 13.5. The highest BCUT2D eigenvalue weighted by molar-refractivity contribution is 6.00. The molecule has 0 amide bonds. The van der Waals surface area contributed by atoms with Gasteiger partial charge in [-0.05, 0) is 45.4 Å². The zero-order chi connectivity index (χ0) is 13.0. The van der Waals surface area contributed by atoms with Gasteiger partial charge in [0.15, 0.2) is 5.78 Å². The van der Waals surface area contributed by atoms with Crippen LogP contribution in [0.25, 0.3) is 0 Å². The predicted octanol–water partition coefficient (Wildman–Crippen LogP) is 2.04. The summed E-state index contributed by atoms with van der Waals surface area (Å²) < 4.78 is 0. The van der Waals surface area contributed by atoms with Crippen LogP contribution in [0, 0.1) is 0 Å². The summed E-state index contributed by atoms with van der Waals surface area (Å²) in [7, 11) is 0. The molecule has 94 valence electrons. The average molecular weight is 236 g/mol. The van der Waals surface area contributed by atoms with E-state index in [1.165, 1.54) is 6.92 Å². The number of hydrogen-bond acceptors (Lipinski definition) is 4. The second-order valence-corrected chi connectivity index (χ2v) is 4.49. The van der Waals surface area contributed by atoms with Crippen LogP contribution in [0.5, 0.6) is 0 Å². The molecule has 0 aliphatic rings. The number of carbonyl (C=O) groups is 1. The summed E-state index contributed by atoms with van der Waals surface area (Å²) >= 11 is 0. The molecule has 4 N–H and O–H groups in total. The summed E-state index contributed by atoms with van der Waals surface area (Å²) in [5.74, 6) is -0.0469. The lowest BCUT2D eigenvalue weighted by atomic mass is 10.1. The van der Waals surface area contributed by atoms with Gasteiger partial charge in [-0.15, -0.1) is 0 Å². The van der Waals surface area contributed by atoms with E-state index in [0.717, 1.165) is 5.69 Å². The van der Waals surface area contributed by atoms with Crippen molar-refractivity contribution in [2.24, 2.45) is 0 Å². The number of ketones is 1. The van der Waals surface area contributed by atoms with E-state index in [4.69, 9.17) is 5.73 Å². The highest BCUT2D eigenvalue weighted by Gasteiger charge is 2.09. The summed E-state index contributed by atoms with van der Waals surface area (Å²) in [6, 6.07) is 5.43. The van der Waals surface area contributed by atoms with Gasteiger partial charge in [-0.3, -0.25) is 4.79 Å². The molecule has 0 heterocycles. The Morgan fingerprint density at radius 2 is 2.12 bits per heavy atom. The molecule has 0 bridgehead atoms. The van der Waals surface area contributed by atoms with Crippen LogP contribution in [0.15, 0.2) is 18.2 Å². The maximum absolute atomic E-state index is 11.3. The second kappa shape index (κ2) is 5.68. The minimum Gasteiger partial charge on any atom is -0.398 e. The fourth-order valence-corrected chi connectivity index (χ4v) is 1.81. The number of Topliss-reactive ketones (excluding diaryl/α,β-unsaturated/α-hetero) is 1. The number of nitrogen functional groups attached to an aromatic ring is 1. The quantitative estimate of drug-likeness (QED) is 0.540. The third-order valence-electron chi connectivity index (χ3n) is 2.54. The summed E-state index contributed by atoms with van der Waals surface area (Å²) in [4.78, 5) is 11.3. The van der Waals surface area contributed by atoms with Crippen molar-refractivity contribution in [3.63, 3.8) is 0 Å². The molecule has 0 saturated heterocycles. The first-order valence-electron chi connectivity index (χ1n) is 5.75. The molecule has 0 aliphatic heterocycles. The van der Waals surface area contributed by atoms with Crippen LogP contribution in [0.1, 0.15) is 37.6 Å². The molecular weight excluding hydrogens is 216 g/mol. The van der Waals surface area contributed by atoms with E-state index < -0.39 is 0 Å². The van der Waals surface area contributed by atoms with Gasteiger partial charge in [0.25, 0.3) is 0 Å². The Morgan fingerprint density at radius 1 is 1.47 bits per heavy atom. The van der Waals surface area contributed by atoms with E-state index in [9.17, 15) is 9.90 Å². The molecule has 0 aliphatic carbocycles. The molecule has 1 aromatic rings. The number of aliphatic hydroxyl groups excluding tert-OH is 1. The van der Waals surface area contributed by atoms with Crippen LogP contribution < -0.4 is 11.1 Å². The third-order valence-corrected chi connectivity index (χ3v) is 2.54. The normalized spacial score (nSPS) is 14.1. The van der Waals surface area contributed by atoms with Crippen molar-refractivity contribution in [1.29, 1.82) is 0 Å². The predicted molar refractivity (Wildman–Crippen MR) is 70.2 cm³/mol. The lowest BCUT2D eigenvalue weighted by molar-refractivity contribution is 0.101. The SMILES string of the molecule is CC(=O)c1cc(NC(C)CC(C)O)ccc1N. The molecule has 2 atom stereocenters. The van der Waals surface area contributed by atoms with Gasteiger partial charge < -0.3 is 16.2 Å². The van der Waals surface area contributed by atoms with Crippen molar-refractivity contribution in [1.82, 2.24) is 0 Å². The summed E-state index contributed by atoms with van der Waals surface area (Å²) in [5.41, 5.74) is 7.58. The summed E-state index contributed by atoms with van der Waals surface area (Å²) in [6.45, 7) is 5.23. The Hall–Kier alpha value is -1.55. The standard InChI is InChI=1S/C13H20N2O2/c1-8(6-9(2)16)15-11-4-5-13(14)12(7-11)10(3)17/h4-5,7-9,15-16H,6,14H2,1-3H3. The highest BCUT2D eigenvalue weighted by atomic mass is 16.3. The van der Waals surface area contributed by atoms with Crippen LogP contribution >= 0.6 is 0 Å². The smallest absolute Gasteiger partial charge is 0.161 e. The largest absolute Gasteiger partial charge is 0.398 e. The zero-order valence-electron chi connectivity index (χ0n) is 10.5. The van der Waals surface area contributed by atoms with Gasteiger partial charge in [-0.1, -0.05) is 0 Å². The van der Waals surface area contributed by atoms with Crippen LogP contribution in [0.2, 0.25) is 0 Å². The maximum Gasteiger partial charge on any atom is 0.161 e. The molecule has 0 radical (unpaired) electrons. The number of anilines is 2. The fourth-order valence-electron chi connectivity index (χ4n) is 1.81. The fraction of sp³-hybridized carbons (Fsp3) is 0.462.